The van der Waals surface area contributed by atoms with E-state index in [-0.39, 0.29) is 5.91 Å². The van der Waals surface area contributed by atoms with Gasteiger partial charge in [-0.15, -0.1) is 0 Å². The number of nitrogens with one attached hydrogen (secondary N) is 2. The Bertz CT molecular complexity index is 447. The van der Waals surface area contributed by atoms with Crippen molar-refractivity contribution in [3.63, 3.8) is 0 Å². The summed E-state index contributed by atoms with van der Waals surface area (Å²) in [6.45, 7) is 6.98. The molecule has 0 saturated carbocycles. The van der Waals surface area contributed by atoms with Crippen LogP contribution in [0.15, 0.2) is 18.2 Å². The molecule has 1 aromatic carbocycles. The smallest absolute Gasteiger partial charge is 0.253 e. The molecule has 0 aromatic heterocycles. The van der Waals surface area contributed by atoms with Crippen molar-refractivity contribution in [1.82, 2.24) is 5.32 Å². The predicted octanol–water partition coefficient (Wildman–Crippen LogP) is 2.93. The van der Waals surface area contributed by atoms with Crippen LogP contribution >= 0.6 is 11.6 Å². The van der Waals surface area contributed by atoms with Gasteiger partial charge in [0.05, 0.1) is 11.2 Å². The summed E-state index contributed by atoms with van der Waals surface area (Å²) in [5, 5.41) is 6.54. The summed E-state index contributed by atoms with van der Waals surface area (Å²) >= 11 is 5.95. The minimum absolute atomic E-state index is 0.163. The lowest BCUT2D eigenvalue weighted by atomic mass is 10.1. The van der Waals surface area contributed by atoms with Gasteiger partial charge in [0.2, 0.25) is 0 Å². The lowest BCUT2D eigenvalue weighted by Gasteiger charge is -2.23. The first-order chi connectivity index (χ1) is 8.89. The van der Waals surface area contributed by atoms with Gasteiger partial charge in [-0.2, -0.15) is 0 Å². The average molecular weight is 285 g/mol. The molecule has 0 bridgehead atoms. The van der Waals surface area contributed by atoms with Gasteiger partial charge in [0, 0.05) is 30.9 Å². The van der Waals surface area contributed by atoms with E-state index in [0.29, 0.717) is 17.1 Å². The van der Waals surface area contributed by atoms with E-state index in [1.807, 2.05) is 26.8 Å². The Morgan fingerprint density at radius 2 is 2.11 bits per heavy atom. The fourth-order valence-electron chi connectivity index (χ4n) is 1.51. The second-order valence-electron chi connectivity index (χ2n) is 4.87. The van der Waals surface area contributed by atoms with Crippen molar-refractivity contribution in [2.75, 3.05) is 25.5 Å². The van der Waals surface area contributed by atoms with Crippen LogP contribution in [0.5, 0.6) is 0 Å². The largest absolute Gasteiger partial charge is 0.385 e. The molecule has 1 rings (SSSR count). The molecule has 0 aliphatic rings. The molecule has 0 atom stereocenters. The number of amides is 1. The summed E-state index contributed by atoms with van der Waals surface area (Å²) in [4.78, 5) is 12.2. The fraction of sp³-hybridized carbons (Fsp3) is 0.500. The van der Waals surface area contributed by atoms with E-state index in [1.54, 1.807) is 19.2 Å². The van der Waals surface area contributed by atoms with E-state index in [4.69, 9.17) is 16.3 Å². The van der Waals surface area contributed by atoms with Gasteiger partial charge in [0.1, 0.15) is 0 Å². The van der Waals surface area contributed by atoms with E-state index in [2.05, 4.69) is 10.6 Å². The molecule has 0 heterocycles. The average Bonchev–Trinajstić information content (AvgIpc) is 2.38. The van der Waals surface area contributed by atoms with Gasteiger partial charge in [0.25, 0.3) is 5.91 Å². The second kappa shape index (κ2) is 6.78. The molecule has 1 aromatic rings. The molecule has 19 heavy (non-hydrogen) atoms. The molecule has 4 nitrogen and oxygen atoms in total. The quantitative estimate of drug-likeness (QED) is 0.844. The summed E-state index contributed by atoms with van der Waals surface area (Å²) in [5.41, 5.74) is 0.924. The lowest BCUT2D eigenvalue weighted by Crippen LogP contribution is -2.39. The molecule has 106 valence electrons. The molecular weight excluding hydrogens is 264 g/mol. The first-order valence-electron chi connectivity index (χ1n) is 6.26. The highest BCUT2D eigenvalue weighted by Crippen LogP contribution is 2.20. The molecule has 0 aliphatic carbocycles. The summed E-state index contributed by atoms with van der Waals surface area (Å²) < 4.78 is 5.27. The van der Waals surface area contributed by atoms with E-state index in [0.717, 1.165) is 12.2 Å². The van der Waals surface area contributed by atoms with E-state index < -0.39 is 5.60 Å². The van der Waals surface area contributed by atoms with Gasteiger partial charge in [-0.3, -0.25) is 4.79 Å². The van der Waals surface area contributed by atoms with Crippen LogP contribution < -0.4 is 10.6 Å². The van der Waals surface area contributed by atoms with Gasteiger partial charge >= 0.3 is 0 Å². The molecule has 0 aliphatic heterocycles. The standard InChI is InChI=1S/C14H21ClN2O2/c1-5-16-12-7-6-10(15)8-11(12)13(18)17-9-14(2,3)19-4/h6-8,16H,5,9H2,1-4H3,(H,17,18). The summed E-state index contributed by atoms with van der Waals surface area (Å²) in [6.07, 6.45) is 0. The monoisotopic (exact) mass is 284 g/mol. The number of carbonyl (C=O) groups is 1. The first kappa shape index (κ1) is 15.8. The van der Waals surface area contributed by atoms with Crippen LogP contribution in [0.2, 0.25) is 5.02 Å². The van der Waals surface area contributed by atoms with Crippen LogP contribution in [0.25, 0.3) is 0 Å². The summed E-state index contributed by atoms with van der Waals surface area (Å²) in [7, 11) is 1.62. The number of hydrogen-bond acceptors (Lipinski definition) is 3. The summed E-state index contributed by atoms with van der Waals surface area (Å²) in [5.74, 6) is -0.163. The van der Waals surface area contributed by atoms with E-state index >= 15 is 0 Å². The number of hydrogen-bond donors (Lipinski definition) is 2. The van der Waals surface area contributed by atoms with Crippen LogP contribution in [0.4, 0.5) is 5.69 Å². The lowest BCUT2D eigenvalue weighted by molar-refractivity contribution is 0.0229. The van der Waals surface area contributed by atoms with Crippen molar-refractivity contribution >= 4 is 23.2 Å². The highest BCUT2D eigenvalue weighted by molar-refractivity contribution is 6.31. The van der Waals surface area contributed by atoms with Crippen molar-refractivity contribution in [1.29, 1.82) is 0 Å². The highest BCUT2D eigenvalue weighted by Gasteiger charge is 2.19. The zero-order valence-corrected chi connectivity index (χ0v) is 12.6. The fourth-order valence-corrected chi connectivity index (χ4v) is 1.68. The molecule has 0 fully saturated rings. The van der Waals surface area contributed by atoms with Crippen molar-refractivity contribution in [3.05, 3.63) is 28.8 Å². The van der Waals surface area contributed by atoms with Crippen LogP contribution in [0, 0.1) is 0 Å². The third-order valence-corrected chi connectivity index (χ3v) is 3.06. The van der Waals surface area contributed by atoms with E-state index in [9.17, 15) is 4.79 Å². The van der Waals surface area contributed by atoms with Crippen molar-refractivity contribution in [3.8, 4) is 0 Å². The van der Waals surface area contributed by atoms with E-state index in [1.165, 1.54) is 0 Å². The Morgan fingerprint density at radius 3 is 2.68 bits per heavy atom. The van der Waals surface area contributed by atoms with Gasteiger partial charge in [-0.05, 0) is 39.0 Å². The molecule has 0 spiro atoms. The number of ether oxygens (including phenoxy) is 1. The molecule has 2 N–H and O–H groups in total. The number of rotatable bonds is 6. The Labute approximate surface area is 119 Å². The van der Waals surface area contributed by atoms with Gasteiger partial charge in [-0.25, -0.2) is 0 Å². The Hall–Kier alpha value is -1.26. The zero-order valence-electron chi connectivity index (χ0n) is 11.8. The number of halogens is 1. The zero-order chi connectivity index (χ0) is 14.5. The maximum absolute atomic E-state index is 12.2. The molecule has 0 unspecified atom stereocenters. The molecule has 0 saturated heterocycles. The van der Waals surface area contributed by atoms with Crippen molar-refractivity contribution < 1.29 is 9.53 Å². The highest BCUT2D eigenvalue weighted by atomic mass is 35.5. The topological polar surface area (TPSA) is 50.4 Å². The molecular formula is C14H21ClN2O2. The van der Waals surface area contributed by atoms with Crippen LogP contribution in [0.1, 0.15) is 31.1 Å². The number of benzene rings is 1. The Kier molecular flexibility index (Phi) is 5.63. The molecule has 0 radical (unpaired) electrons. The molecule has 5 heteroatoms. The van der Waals surface area contributed by atoms with Crippen molar-refractivity contribution in [2.24, 2.45) is 0 Å². The van der Waals surface area contributed by atoms with Gasteiger partial charge < -0.3 is 15.4 Å². The maximum Gasteiger partial charge on any atom is 0.253 e. The van der Waals surface area contributed by atoms with Crippen LogP contribution in [-0.4, -0.2) is 31.7 Å². The normalized spacial score (nSPS) is 11.2. The first-order valence-corrected chi connectivity index (χ1v) is 6.64. The van der Waals surface area contributed by atoms with Gasteiger partial charge in [-0.1, -0.05) is 11.6 Å². The number of anilines is 1. The minimum Gasteiger partial charge on any atom is -0.385 e. The summed E-state index contributed by atoms with van der Waals surface area (Å²) in [6, 6.07) is 5.23. The third-order valence-electron chi connectivity index (χ3n) is 2.82. The minimum atomic E-state index is -0.396. The third kappa shape index (κ3) is 4.73. The molecule has 1 amide bonds. The van der Waals surface area contributed by atoms with Crippen LogP contribution in [-0.2, 0) is 4.74 Å². The van der Waals surface area contributed by atoms with Crippen molar-refractivity contribution in [2.45, 2.75) is 26.4 Å². The maximum atomic E-state index is 12.2. The number of methoxy groups -OCH3 is 1. The number of carbonyl (C=O) groups excluding carboxylic acids is 1. The predicted molar refractivity (Wildman–Crippen MR) is 79.0 cm³/mol. The van der Waals surface area contributed by atoms with Gasteiger partial charge in [0.15, 0.2) is 0 Å². The van der Waals surface area contributed by atoms with Crippen LogP contribution in [0.3, 0.4) is 0 Å². The SMILES string of the molecule is CCNc1ccc(Cl)cc1C(=O)NCC(C)(C)OC. The Morgan fingerprint density at radius 1 is 1.42 bits per heavy atom. The second-order valence-corrected chi connectivity index (χ2v) is 5.30. The Balaban J connectivity index is 2.83.